The second-order valence-electron chi connectivity index (χ2n) is 8.67. The first-order valence-electron chi connectivity index (χ1n) is 11.8. The van der Waals surface area contributed by atoms with Crippen molar-refractivity contribution in [2.24, 2.45) is 0 Å². The summed E-state index contributed by atoms with van der Waals surface area (Å²) in [6, 6.07) is 16.1. The molecule has 2 heterocycles. The zero-order valence-electron chi connectivity index (χ0n) is 18.8. The minimum atomic E-state index is 0.0714. The van der Waals surface area contributed by atoms with Gasteiger partial charge in [-0.3, -0.25) is 14.5 Å². The van der Waals surface area contributed by atoms with E-state index in [2.05, 4.69) is 22.3 Å². The summed E-state index contributed by atoms with van der Waals surface area (Å²) in [5.41, 5.74) is 4.59. The maximum absolute atomic E-state index is 12.7. The lowest BCUT2D eigenvalue weighted by Crippen LogP contribution is -2.48. The van der Waals surface area contributed by atoms with Crippen molar-refractivity contribution >= 4 is 17.8 Å². The number of benzene rings is 2. The van der Waals surface area contributed by atoms with Gasteiger partial charge < -0.3 is 10.2 Å². The summed E-state index contributed by atoms with van der Waals surface area (Å²) in [4.78, 5) is 29.4. The van der Waals surface area contributed by atoms with E-state index in [0.29, 0.717) is 6.42 Å². The Morgan fingerprint density at radius 2 is 1.66 bits per heavy atom. The molecule has 0 radical (unpaired) electrons. The van der Waals surface area contributed by atoms with E-state index < -0.39 is 0 Å². The van der Waals surface area contributed by atoms with E-state index in [1.54, 1.807) is 6.08 Å². The van der Waals surface area contributed by atoms with Crippen LogP contribution in [0.25, 0.3) is 6.08 Å². The lowest BCUT2D eigenvalue weighted by Gasteiger charge is -2.34. The van der Waals surface area contributed by atoms with Gasteiger partial charge in [-0.05, 0) is 67.7 Å². The zero-order chi connectivity index (χ0) is 22.2. The number of Topliss-reactive ketones (excluding diaryl/α,β-unsaturated/α-hetero) is 1. The van der Waals surface area contributed by atoms with Gasteiger partial charge in [0.1, 0.15) is 0 Å². The largest absolute Gasteiger partial charge is 0.337 e. The number of carbonyl (C=O) groups excluding carboxylic acids is 2. The number of piperazine rings is 1. The van der Waals surface area contributed by atoms with Gasteiger partial charge in [0, 0.05) is 44.2 Å². The Kier molecular flexibility index (Phi) is 7.86. The van der Waals surface area contributed by atoms with Crippen LogP contribution >= 0.6 is 0 Å². The molecule has 2 aromatic rings. The molecule has 0 spiro atoms. The Morgan fingerprint density at radius 1 is 0.906 bits per heavy atom. The number of nitrogens with zero attached hydrogens (tertiary/aromatic N) is 2. The fraction of sp³-hybridized carbons (Fsp3) is 0.407. The molecule has 4 rings (SSSR count). The maximum atomic E-state index is 12.7. The lowest BCUT2D eigenvalue weighted by atomic mass is 9.97. The highest BCUT2D eigenvalue weighted by atomic mass is 16.2. The Hall–Kier alpha value is -2.76. The topological polar surface area (TPSA) is 52.7 Å². The molecule has 1 N–H and O–H groups in total. The van der Waals surface area contributed by atoms with Gasteiger partial charge in [-0.25, -0.2) is 0 Å². The number of hydrogen-bond acceptors (Lipinski definition) is 4. The molecule has 0 unspecified atom stereocenters. The van der Waals surface area contributed by atoms with Gasteiger partial charge in [0.25, 0.3) is 0 Å². The average molecular weight is 432 g/mol. The number of rotatable bonds is 7. The van der Waals surface area contributed by atoms with Gasteiger partial charge in [-0.2, -0.15) is 0 Å². The average Bonchev–Trinajstić information content (AvgIpc) is 3.08. The third kappa shape index (κ3) is 6.15. The van der Waals surface area contributed by atoms with Crippen molar-refractivity contribution in [3.8, 4) is 0 Å². The number of nitrogens with one attached hydrogen (secondary N) is 1. The SMILES string of the molecule is O=C(CCCN1CCN(C(=O)C=Cc2ccccc2)CC1)c1ccc2c(c1)CCNCC2. The van der Waals surface area contributed by atoms with Gasteiger partial charge in [0.2, 0.25) is 5.91 Å². The van der Waals surface area contributed by atoms with Crippen LogP contribution in [0.15, 0.2) is 54.6 Å². The van der Waals surface area contributed by atoms with E-state index in [9.17, 15) is 9.59 Å². The molecule has 2 aliphatic rings. The van der Waals surface area contributed by atoms with Crippen molar-refractivity contribution in [3.63, 3.8) is 0 Å². The zero-order valence-corrected chi connectivity index (χ0v) is 18.8. The molecular weight excluding hydrogens is 398 g/mol. The molecule has 0 aliphatic carbocycles. The molecule has 0 bridgehead atoms. The summed E-state index contributed by atoms with van der Waals surface area (Å²) in [6.07, 6.45) is 7.02. The minimum absolute atomic E-state index is 0.0714. The van der Waals surface area contributed by atoms with Crippen LogP contribution in [-0.2, 0) is 17.6 Å². The number of ketones is 1. The third-order valence-corrected chi connectivity index (χ3v) is 6.45. The molecule has 0 saturated carbocycles. The van der Waals surface area contributed by atoms with Gasteiger partial charge in [-0.1, -0.05) is 42.5 Å². The smallest absolute Gasteiger partial charge is 0.246 e. The Labute approximate surface area is 191 Å². The summed E-state index contributed by atoms with van der Waals surface area (Å²) in [6.45, 7) is 6.12. The normalized spacial score (nSPS) is 17.2. The number of hydrogen-bond donors (Lipinski definition) is 1. The molecule has 1 saturated heterocycles. The van der Waals surface area contributed by atoms with E-state index in [1.165, 1.54) is 11.1 Å². The highest BCUT2D eigenvalue weighted by molar-refractivity contribution is 5.96. The lowest BCUT2D eigenvalue weighted by molar-refractivity contribution is -0.127. The molecule has 2 aliphatic heterocycles. The van der Waals surface area contributed by atoms with Crippen molar-refractivity contribution < 1.29 is 9.59 Å². The number of fused-ring (bicyclic) bond motifs is 1. The van der Waals surface area contributed by atoms with Gasteiger partial charge in [0.05, 0.1) is 0 Å². The van der Waals surface area contributed by atoms with E-state index in [0.717, 1.165) is 76.2 Å². The molecule has 168 valence electrons. The number of amides is 1. The van der Waals surface area contributed by atoms with Crippen LogP contribution in [-0.4, -0.2) is 67.3 Å². The van der Waals surface area contributed by atoms with Gasteiger partial charge >= 0.3 is 0 Å². The summed E-state index contributed by atoms with van der Waals surface area (Å²) in [7, 11) is 0. The van der Waals surface area contributed by atoms with Crippen LogP contribution in [0.5, 0.6) is 0 Å². The molecule has 5 nitrogen and oxygen atoms in total. The van der Waals surface area contributed by atoms with Crippen molar-refractivity contribution in [2.45, 2.75) is 25.7 Å². The van der Waals surface area contributed by atoms with Crippen LogP contribution in [0.1, 0.15) is 39.9 Å². The molecular formula is C27H33N3O2. The molecule has 5 heteroatoms. The molecule has 1 amide bonds. The molecule has 1 fully saturated rings. The van der Waals surface area contributed by atoms with Crippen molar-refractivity contribution in [3.05, 3.63) is 76.9 Å². The second-order valence-corrected chi connectivity index (χ2v) is 8.67. The fourth-order valence-electron chi connectivity index (χ4n) is 4.48. The van der Waals surface area contributed by atoms with Crippen molar-refractivity contribution in [1.29, 1.82) is 0 Å². The first kappa shape index (κ1) is 22.4. The quantitative estimate of drug-likeness (QED) is 0.540. The van der Waals surface area contributed by atoms with Crippen LogP contribution in [0.3, 0.4) is 0 Å². The van der Waals surface area contributed by atoms with Crippen LogP contribution in [0.4, 0.5) is 0 Å². The van der Waals surface area contributed by atoms with Crippen LogP contribution < -0.4 is 5.32 Å². The molecule has 0 atom stereocenters. The first-order valence-corrected chi connectivity index (χ1v) is 11.8. The highest BCUT2D eigenvalue weighted by Crippen LogP contribution is 2.17. The van der Waals surface area contributed by atoms with E-state index in [4.69, 9.17) is 0 Å². The Balaban J connectivity index is 1.18. The second kappa shape index (κ2) is 11.2. The molecule has 32 heavy (non-hydrogen) atoms. The minimum Gasteiger partial charge on any atom is -0.337 e. The van der Waals surface area contributed by atoms with E-state index >= 15 is 0 Å². The van der Waals surface area contributed by atoms with E-state index in [1.807, 2.05) is 47.4 Å². The van der Waals surface area contributed by atoms with Crippen LogP contribution in [0.2, 0.25) is 0 Å². The third-order valence-electron chi connectivity index (χ3n) is 6.45. The highest BCUT2D eigenvalue weighted by Gasteiger charge is 2.19. The molecule has 2 aromatic carbocycles. The van der Waals surface area contributed by atoms with Crippen LogP contribution in [0, 0.1) is 0 Å². The number of carbonyl (C=O) groups is 2. The summed E-state index contributed by atoms with van der Waals surface area (Å²) in [5, 5.41) is 3.42. The van der Waals surface area contributed by atoms with Gasteiger partial charge in [-0.15, -0.1) is 0 Å². The van der Waals surface area contributed by atoms with E-state index in [-0.39, 0.29) is 11.7 Å². The summed E-state index contributed by atoms with van der Waals surface area (Å²) < 4.78 is 0. The molecule has 0 aromatic heterocycles. The Morgan fingerprint density at radius 3 is 2.44 bits per heavy atom. The summed E-state index contributed by atoms with van der Waals surface area (Å²) >= 11 is 0. The van der Waals surface area contributed by atoms with Gasteiger partial charge in [0.15, 0.2) is 5.78 Å². The monoisotopic (exact) mass is 431 g/mol. The predicted octanol–water partition coefficient (Wildman–Crippen LogP) is 3.20. The Bertz CT molecular complexity index is 947. The maximum Gasteiger partial charge on any atom is 0.246 e. The van der Waals surface area contributed by atoms with Crippen molar-refractivity contribution in [1.82, 2.24) is 15.1 Å². The first-order chi connectivity index (χ1) is 15.7. The fourth-order valence-corrected chi connectivity index (χ4v) is 4.48. The van der Waals surface area contributed by atoms with Crippen molar-refractivity contribution in [2.75, 3.05) is 45.8 Å². The summed E-state index contributed by atoms with van der Waals surface area (Å²) in [5.74, 6) is 0.312. The standard InChI is InChI=1S/C27H33N3O2/c31-26(25-10-9-23-12-14-28-15-13-24(23)21-25)7-4-16-29-17-19-30(20-18-29)27(32)11-8-22-5-2-1-3-6-22/h1-3,5-6,8-11,21,28H,4,7,12-20H2. The predicted molar refractivity (Wildman–Crippen MR) is 129 cm³/mol.